The molecule has 4 rings (SSSR count). The second-order valence-electron chi connectivity index (χ2n) is 6.80. The number of rotatable bonds is 6. The molecule has 2 saturated heterocycles. The first-order valence-electron chi connectivity index (χ1n) is 8.61. The third-order valence-electron chi connectivity index (χ3n) is 5.11. The summed E-state index contributed by atoms with van der Waals surface area (Å²) in [7, 11) is 0.744. The zero-order valence-corrected chi connectivity index (χ0v) is 16.1. The Morgan fingerprint density at radius 3 is 3.07 bits per heavy atom. The molecular formula is C17H18ClF2N4O2P. The molecule has 2 aliphatic rings. The lowest BCUT2D eigenvalue weighted by Crippen LogP contribution is -2.43. The lowest BCUT2D eigenvalue weighted by atomic mass is 9.95. The molecule has 2 aromatic rings. The fourth-order valence-electron chi connectivity index (χ4n) is 3.92. The number of hydrogen-bond acceptors (Lipinski definition) is 6. The van der Waals surface area contributed by atoms with Gasteiger partial charge in [-0.25, -0.2) is 13.8 Å². The zero-order chi connectivity index (χ0) is 19.0. The minimum absolute atomic E-state index is 0.0219. The Kier molecular flexibility index (Phi) is 5.14. The van der Waals surface area contributed by atoms with E-state index in [1.54, 1.807) is 0 Å². The van der Waals surface area contributed by atoms with Crippen molar-refractivity contribution in [3.63, 3.8) is 0 Å². The van der Waals surface area contributed by atoms with Crippen molar-refractivity contribution in [2.45, 2.75) is 31.0 Å². The van der Waals surface area contributed by atoms with E-state index in [2.05, 4.69) is 26.2 Å². The third-order valence-corrected chi connectivity index (χ3v) is 5.68. The minimum Gasteiger partial charge on any atom is -0.468 e. The van der Waals surface area contributed by atoms with Gasteiger partial charge in [-0.05, 0) is 19.4 Å². The van der Waals surface area contributed by atoms with E-state index < -0.39 is 12.0 Å². The van der Waals surface area contributed by atoms with Gasteiger partial charge in [-0.3, -0.25) is 4.90 Å². The second-order valence-corrected chi connectivity index (χ2v) is 7.86. The van der Waals surface area contributed by atoms with Crippen LogP contribution < -0.4 is 9.47 Å². The van der Waals surface area contributed by atoms with Crippen LogP contribution in [-0.4, -0.2) is 63.9 Å². The maximum absolute atomic E-state index is 14.4. The van der Waals surface area contributed by atoms with Gasteiger partial charge in [-0.1, -0.05) is 26.1 Å². The summed E-state index contributed by atoms with van der Waals surface area (Å²) in [6, 6.07) is -0.0251. The quantitative estimate of drug-likeness (QED) is 0.533. The number of halogens is 3. The lowest BCUT2D eigenvalue weighted by molar-refractivity contribution is 0.107. The predicted molar refractivity (Wildman–Crippen MR) is 100 cm³/mol. The van der Waals surface area contributed by atoms with Crippen LogP contribution in [0.15, 0.2) is 6.20 Å². The van der Waals surface area contributed by atoms with E-state index in [4.69, 9.17) is 21.1 Å². The standard InChI is InChI=1S/C17H18ClF2N4O2P/c1-27-9-26-15-11-6-21-14(18)12(20)13(11)22-16(23-15)25-8-17-3-2-4-24(17)7-10(19)5-17/h6,10H,1-5,7-9H2/t10-,17+/m1/s1. The van der Waals surface area contributed by atoms with E-state index in [1.165, 1.54) is 6.20 Å². The Bertz CT molecular complexity index is 890. The molecule has 0 radical (unpaired) electrons. The van der Waals surface area contributed by atoms with Gasteiger partial charge in [0.05, 0.1) is 10.9 Å². The first-order chi connectivity index (χ1) is 13.0. The highest BCUT2D eigenvalue weighted by Crippen LogP contribution is 2.40. The number of alkyl halides is 1. The fraction of sp³-hybridized carbons (Fsp3) is 0.529. The van der Waals surface area contributed by atoms with E-state index in [0.29, 0.717) is 18.4 Å². The van der Waals surface area contributed by atoms with Gasteiger partial charge >= 0.3 is 6.01 Å². The van der Waals surface area contributed by atoms with Crippen LogP contribution >= 0.6 is 19.8 Å². The van der Waals surface area contributed by atoms with E-state index in [-0.39, 0.29) is 41.1 Å². The summed E-state index contributed by atoms with van der Waals surface area (Å²) in [4.78, 5) is 14.3. The van der Waals surface area contributed by atoms with Gasteiger partial charge in [0.25, 0.3) is 0 Å². The third kappa shape index (κ3) is 3.46. The van der Waals surface area contributed by atoms with E-state index >= 15 is 0 Å². The van der Waals surface area contributed by atoms with Crippen molar-refractivity contribution in [2.75, 3.05) is 26.0 Å². The Morgan fingerprint density at radius 2 is 2.26 bits per heavy atom. The molecule has 0 N–H and O–H groups in total. The molecule has 0 saturated carbocycles. The van der Waals surface area contributed by atoms with Gasteiger partial charge in [-0.15, -0.1) is 0 Å². The summed E-state index contributed by atoms with van der Waals surface area (Å²) >= 11 is 5.78. The van der Waals surface area contributed by atoms with Gasteiger partial charge in [0.2, 0.25) is 5.88 Å². The molecule has 0 bridgehead atoms. The van der Waals surface area contributed by atoms with Crippen molar-refractivity contribution in [1.29, 1.82) is 0 Å². The predicted octanol–water partition coefficient (Wildman–Crippen LogP) is 3.49. The molecule has 4 heterocycles. The maximum Gasteiger partial charge on any atom is 0.320 e. The van der Waals surface area contributed by atoms with Gasteiger partial charge in [0, 0.05) is 19.2 Å². The first-order valence-corrected chi connectivity index (χ1v) is 10.3. The van der Waals surface area contributed by atoms with Crippen molar-refractivity contribution in [2.24, 2.45) is 0 Å². The van der Waals surface area contributed by atoms with Gasteiger partial charge < -0.3 is 9.47 Å². The smallest absolute Gasteiger partial charge is 0.320 e. The van der Waals surface area contributed by atoms with E-state index in [9.17, 15) is 8.78 Å². The van der Waals surface area contributed by atoms with Crippen molar-refractivity contribution < 1.29 is 18.3 Å². The average Bonchev–Trinajstić information content (AvgIpc) is 3.17. The number of ether oxygens (including phenoxy) is 2. The summed E-state index contributed by atoms with van der Waals surface area (Å²) in [6.45, 7) is 1.52. The van der Waals surface area contributed by atoms with Gasteiger partial charge in [0.1, 0.15) is 24.6 Å². The second kappa shape index (κ2) is 7.41. The number of hydrogen-bond donors (Lipinski definition) is 0. The number of aromatic nitrogens is 3. The molecule has 2 aliphatic heterocycles. The molecule has 0 unspecified atom stereocenters. The molecule has 0 aliphatic carbocycles. The SMILES string of the molecule is C=PCOc1nc(OC[C@@]23CCCN2C[C@H](F)C3)nc2c(F)c(Cl)ncc12. The highest BCUT2D eigenvalue weighted by atomic mass is 35.5. The molecule has 2 fully saturated rings. The number of fused-ring (bicyclic) bond motifs is 2. The molecule has 0 aromatic carbocycles. The Balaban J connectivity index is 1.65. The Labute approximate surface area is 161 Å². The van der Waals surface area contributed by atoms with Crippen molar-refractivity contribution in [3.8, 4) is 11.9 Å². The summed E-state index contributed by atoms with van der Waals surface area (Å²) in [5.74, 6) is -0.603. The van der Waals surface area contributed by atoms with Crippen LogP contribution in [0.5, 0.6) is 11.9 Å². The molecule has 144 valence electrons. The monoisotopic (exact) mass is 414 g/mol. The molecule has 0 spiro atoms. The van der Waals surface area contributed by atoms with Gasteiger partial charge in [0.15, 0.2) is 11.0 Å². The lowest BCUT2D eigenvalue weighted by Gasteiger charge is -2.30. The van der Waals surface area contributed by atoms with Crippen LogP contribution in [0, 0.1) is 5.82 Å². The summed E-state index contributed by atoms with van der Waals surface area (Å²) in [5, 5.41) is 0.0169. The molecular weight excluding hydrogens is 397 g/mol. The van der Waals surface area contributed by atoms with Crippen LogP contribution in [0.2, 0.25) is 5.15 Å². The van der Waals surface area contributed by atoms with Crippen LogP contribution in [0.4, 0.5) is 8.78 Å². The van der Waals surface area contributed by atoms with Crippen LogP contribution in [-0.2, 0) is 0 Å². The summed E-state index contributed by atoms with van der Waals surface area (Å²) in [6.07, 6.45) is 6.75. The minimum atomic E-state index is -0.858. The largest absolute Gasteiger partial charge is 0.468 e. The molecule has 2 aromatic heterocycles. The highest BCUT2D eigenvalue weighted by Gasteiger charge is 2.49. The molecule has 2 atom stereocenters. The molecule has 10 heteroatoms. The zero-order valence-electron chi connectivity index (χ0n) is 14.5. The Hall–Kier alpha value is -1.63. The summed E-state index contributed by atoms with van der Waals surface area (Å²) in [5.41, 5.74) is -0.370. The van der Waals surface area contributed by atoms with Gasteiger partial charge in [-0.2, -0.15) is 9.97 Å². The maximum atomic E-state index is 14.4. The number of nitrogens with zero attached hydrogens (tertiary/aromatic N) is 4. The van der Waals surface area contributed by atoms with Crippen molar-refractivity contribution in [1.82, 2.24) is 19.9 Å². The first kappa shape index (κ1) is 18.7. The molecule has 27 heavy (non-hydrogen) atoms. The molecule has 0 amide bonds. The highest BCUT2D eigenvalue weighted by molar-refractivity contribution is 7.36. The normalized spacial score (nSPS) is 25.2. The van der Waals surface area contributed by atoms with Crippen LogP contribution in [0.25, 0.3) is 10.9 Å². The van der Waals surface area contributed by atoms with Crippen LogP contribution in [0.1, 0.15) is 19.3 Å². The van der Waals surface area contributed by atoms with Crippen molar-refractivity contribution in [3.05, 3.63) is 17.2 Å². The van der Waals surface area contributed by atoms with Crippen molar-refractivity contribution >= 4 is 37.0 Å². The fourth-order valence-corrected chi connectivity index (χ4v) is 4.27. The van der Waals surface area contributed by atoms with E-state index in [1.807, 2.05) is 0 Å². The summed E-state index contributed by atoms with van der Waals surface area (Å²) < 4.78 is 39.7. The Morgan fingerprint density at radius 1 is 1.41 bits per heavy atom. The van der Waals surface area contributed by atoms with E-state index in [0.717, 1.165) is 27.6 Å². The molecule has 6 nitrogen and oxygen atoms in total. The van der Waals surface area contributed by atoms with Crippen LogP contribution in [0.3, 0.4) is 0 Å². The number of pyridine rings is 1. The average molecular weight is 415 g/mol. The topological polar surface area (TPSA) is 60.4 Å².